The van der Waals surface area contributed by atoms with Gasteiger partial charge >= 0.3 is 0 Å². The Morgan fingerprint density at radius 2 is 1.86 bits per heavy atom. The molecule has 0 radical (unpaired) electrons. The Hall–Kier alpha value is -2.92. The van der Waals surface area contributed by atoms with Gasteiger partial charge < -0.3 is 13.9 Å². The van der Waals surface area contributed by atoms with E-state index in [4.69, 9.17) is 8.83 Å². The summed E-state index contributed by atoms with van der Waals surface area (Å²) in [5.41, 5.74) is 2.39. The Kier molecular flexibility index (Phi) is 2.98. The number of rotatable bonds is 3. The van der Waals surface area contributed by atoms with E-state index in [0.29, 0.717) is 28.4 Å². The van der Waals surface area contributed by atoms with E-state index in [0.717, 1.165) is 5.56 Å². The van der Waals surface area contributed by atoms with Gasteiger partial charge in [0.05, 0.1) is 6.26 Å². The van der Waals surface area contributed by atoms with Gasteiger partial charge in [-0.25, -0.2) is 9.97 Å². The molecule has 0 amide bonds. The van der Waals surface area contributed by atoms with E-state index in [9.17, 15) is 5.11 Å². The molecule has 5 nitrogen and oxygen atoms in total. The lowest BCUT2D eigenvalue weighted by atomic mass is 10.1. The fraction of sp³-hybridized carbons (Fsp3) is 0.0588. The van der Waals surface area contributed by atoms with Gasteiger partial charge in [-0.2, -0.15) is 0 Å². The molecule has 4 aromatic rings. The average molecular weight is 292 g/mol. The van der Waals surface area contributed by atoms with Crippen molar-refractivity contribution in [3.63, 3.8) is 0 Å². The van der Waals surface area contributed by atoms with Crippen LogP contribution in [0.4, 0.5) is 0 Å². The highest BCUT2D eigenvalue weighted by Crippen LogP contribution is 2.30. The zero-order chi connectivity index (χ0) is 14.9. The molecule has 5 heteroatoms. The summed E-state index contributed by atoms with van der Waals surface area (Å²) in [5.74, 6) is 0.930. The highest BCUT2D eigenvalue weighted by atomic mass is 16.4. The first-order valence-electron chi connectivity index (χ1n) is 6.85. The third-order valence-corrected chi connectivity index (χ3v) is 3.46. The predicted molar refractivity (Wildman–Crippen MR) is 80.0 cm³/mol. The third-order valence-electron chi connectivity index (χ3n) is 3.46. The van der Waals surface area contributed by atoms with E-state index in [1.165, 1.54) is 6.26 Å². The second kappa shape index (κ2) is 5.13. The summed E-state index contributed by atoms with van der Waals surface area (Å²) in [4.78, 5) is 8.66. The fourth-order valence-electron chi connectivity index (χ4n) is 2.38. The van der Waals surface area contributed by atoms with Gasteiger partial charge in [0.1, 0.15) is 17.4 Å². The lowest BCUT2D eigenvalue weighted by Crippen LogP contribution is -1.99. The quantitative estimate of drug-likeness (QED) is 0.625. The molecule has 1 atom stereocenters. The monoisotopic (exact) mass is 292 g/mol. The summed E-state index contributed by atoms with van der Waals surface area (Å²) >= 11 is 0. The zero-order valence-corrected chi connectivity index (χ0v) is 11.5. The van der Waals surface area contributed by atoms with Gasteiger partial charge in [0.15, 0.2) is 0 Å². The summed E-state index contributed by atoms with van der Waals surface area (Å²) in [7, 11) is 0. The van der Waals surface area contributed by atoms with Crippen molar-refractivity contribution in [3.05, 3.63) is 72.3 Å². The second-order valence-electron chi connectivity index (χ2n) is 4.86. The van der Waals surface area contributed by atoms with E-state index >= 15 is 0 Å². The van der Waals surface area contributed by atoms with Crippen LogP contribution in [-0.2, 0) is 0 Å². The van der Waals surface area contributed by atoms with Crippen molar-refractivity contribution in [2.45, 2.75) is 6.10 Å². The fourth-order valence-corrected chi connectivity index (χ4v) is 2.38. The van der Waals surface area contributed by atoms with Crippen LogP contribution < -0.4 is 0 Å². The van der Waals surface area contributed by atoms with Crippen LogP contribution in [0.2, 0.25) is 0 Å². The molecule has 4 rings (SSSR count). The molecule has 1 aromatic carbocycles. The van der Waals surface area contributed by atoms with Crippen molar-refractivity contribution in [2.24, 2.45) is 0 Å². The van der Waals surface area contributed by atoms with Crippen molar-refractivity contribution in [2.75, 3.05) is 0 Å². The molecular weight excluding hydrogens is 280 g/mol. The van der Waals surface area contributed by atoms with Gasteiger partial charge in [0.2, 0.25) is 11.6 Å². The molecule has 3 aromatic heterocycles. The number of hydrogen-bond acceptors (Lipinski definition) is 5. The molecule has 0 saturated heterocycles. The number of pyridine rings is 1. The SMILES string of the molecule is OC(c1ccco1)c1ccnc2oc(-c3ccccc3)nc12. The molecule has 0 fully saturated rings. The smallest absolute Gasteiger partial charge is 0.247 e. The van der Waals surface area contributed by atoms with E-state index in [1.807, 2.05) is 30.3 Å². The van der Waals surface area contributed by atoms with Crippen LogP contribution in [0.15, 0.2) is 69.8 Å². The predicted octanol–water partition coefficient (Wildman–Crippen LogP) is 3.56. The molecule has 0 spiro atoms. The minimum absolute atomic E-state index is 0.391. The number of furan rings is 1. The summed E-state index contributed by atoms with van der Waals surface area (Å²) in [5, 5.41) is 10.5. The van der Waals surface area contributed by atoms with Crippen LogP contribution in [0, 0.1) is 0 Å². The van der Waals surface area contributed by atoms with Crippen LogP contribution in [0.5, 0.6) is 0 Å². The maximum absolute atomic E-state index is 10.5. The normalized spacial score (nSPS) is 12.6. The number of hydrogen-bond donors (Lipinski definition) is 1. The van der Waals surface area contributed by atoms with Gasteiger partial charge in [0.25, 0.3) is 0 Å². The minimum Gasteiger partial charge on any atom is -0.466 e. The molecule has 0 bridgehead atoms. The van der Waals surface area contributed by atoms with Crippen molar-refractivity contribution in [1.29, 1.82) is 0 Å². The van der Waals surface area contributed by atoms with Gasteiger partial charge in [-0.3, -0.25) is 0 Å². The van der Waals surface area contributed by atoms with Crippen molar-refractivity contribution >= 4 is 11.2 Å². The Morgan fingerprint density at radius 1 is 1.00 bits per heavy atom. The first-order valence-corrected chi connectivity index (χ1v) is 6.85. The Labute approximate surface area is 125 Å². The van der Waals surface area contributed by atoms with Crippen LogP contribution >= 0.6 is 0 Å². The van der Waals surface area contributed by atoms with E-state index in [1.54, 1.807) is 24.4 Å². The van der Waals surface area contributed by atoms with Crippen LogP contribution in [0.3, 0.4) is 0 Å². The van der Waals surface area contributed by atoms with Crippen molar-refractivity contribution in [1.82, 2.24) is 9.97 Å². The van der Waals surface area contributed by atoms with Gasteiger partial charge in [-0.1, -0.05) is 18.2 Å². The standard InChI is InChI=1S/C17H12N2O3/c20-15(13-7-4-10-21-13)12-8-9-18-17-14(12)19-16(22-17)11-5-2-1-3-6-11/h1-10,15,20H. The molecule has 1 N–H and O–H groups in total. The Morgan fingerprint density at radius 3 is 2.64 bits per heavy atom. The largest absolute Gasteiger partial charge is 0.466 e. The second-order valence-corrected chi connectivity index (χ2v) is 4.86. The number of aliphatic hydroxyl groups excluding tert-OH is 1. The molecule has 3 heterocycles. The lowest BCUT2D eigenvalue weighted by molar-refractivity contribution is 0.190. The first kappa shape index (κ1) is 12.8. The van der Waals surface area contributed by atoms with Gasteiger partial charge in [-0.15, -0.1) is 0 Å². The van der Waals surface area contributed by atoms with E-state index < -0.39 is 6.10 Å². The molecule has 1 unspecified atom stereocenters. The van der Waals surface area contributed by atoms with Crippen molar-refractivity contribution in [3.8, 4) is 11.5 Å². The van der Waals surface area contributed by atoms with Crippen LogP contribution in [0.25, 0.3) is 22.7 Å². The molecule has 0 aliphatic rings. The maximum Gasteiger partial charge on any atom is 0.247 e. The Balaban J connectivity index is 1.85. The summed E-state index contributed by atoms with van der Waals surface area (Å²) in [6.45, 7) is 0. The number of oxazole rings is 1. The van der Waals surface area contributed by atoms with Crippen molar-refractivity contribution < 1.29 is 13.9 Å². The average Bonchev–Trinajstić information content (AvgIpc) is 3.24. The number of benzene rings is 1. The maximum atomic E-state index is 10.5. The minimum atomic E-state index is -0.908. The third kappa shape index (κ3) is 2.08. The van der Waals surface area contributed by atoms with E-state index in [2.05, 4.69) is 9.97 Å². The molecule has 0 aliphatic heterocycles. The topological polar surface area (TPSA) is 72.3 Å². The molecule has 0 saturated carbocycles. The first-order chi connectivity index (χ1) is 10.8. The van der Waals surface area contributed by atoms with Gasteiger partial charge in [0, 0.05) is 17.3 Å². The van der Waals surface area contributed by atoms with E-state index in [-0.39, 0.29) is 0 Å². The summed E-state index contributed by atoms with van der Waals surface area (Å²) in [6, 6.07) is 14.7. The van der Waals surface area contributed by atoms with Gasteiger partial charge in [-0.05, 0) is 30.3 Å². The summed E-state index contributed by atoms with van der Waals surface area (Å²) in [6.07, 6.45) is 2.20. The molecule has 108 valence electrons. The molecule has 22 heavy (non-hydrogen) atoms. The van der Waals surface area contributed by atoms with Crippen LogP contribution in [-0.4, -0.2) is 15.1 Å². The highest BCUT2D eigenvalue weighted by Gasteiger charge is 2.20. The molecular formula is C17H12N2O3. The zero-order valence-electron chi connectivity index (χ0n) is 11.5. The number of nitrogens with zero attached hydrogens (tertiary/aromatic N) is 2. The number of fused-ring (bicyclic) bond motifs is 1. The number of aliphatic hydroxyl groups is 1. The number of aromatic nitrogens is 2. The molecule has 0 aliphatic carbocycles. The highest BCUT2D eigenvalue weighted by molar-refractivity contribution is 5.76. The Bertz CT molecular complexity index is 898. The summed E-state index contributed by atoms with van der Waals surface area (Å²) < 4.78 is 11.0. The van der Waals surface area contributed by atoms with Crippen LogP contribution in [0.1, 0.15) is 17.4 Å². The lowest BCUT2D eigenvalue weighted by Gasteiger charge is -2.07.